The molecule has 0 aromatic heterocycles. The Morgan fingerprint density at radius 2 is 2.11 bits per heavy atom. The first-order valence-electron chi connectivity index (χ1n) is 6.13. The van der Waals surface area contributed by atoms with E-state index >= 15 is 0 Å². The van der Waals surface area contributed by atoms with Crippen LogP contribution in [-0.2, 0) is 14.3 Å². The maximum atomic E-state index is 11.8. The Morgan fingerprint density at radius 3 is 2.63 bits per heavy atom. The lowest BCUT2D eigenvalue weighted by Gasteiger charge is -2.37. The molecule has 0 radical (unpaired) electrons. The van der Waals surface area contributed by atoms with Crippen LogP contribution < -0.4 is 0 Å². The minimum absolute atomic E-state index is 0.121. The average molecular weight is 272 g/mol. The molecule has 1 rings (SSSR count). The fraction of sp³-hybridized carbons (Fsp3) is 0.692. The third kappa shape index (κ3) is 3.02. The summed E-state index contributed by atoms with van der Waals surface area (Å²) in [5, 5.41) is 29.8. The Balaban J connectivity index is 2.81. The van der Waals surface area contributed by atoms with Gasteiger partial charge in [0.25, 0.3) is 0 Å². The van der Waals surface area contributed by atoms with Crippen LogP contribution in [0.15, 0.2) is 11.6 Å². The lowest BCUT2D eigenvalue weighted by Crippen LogP contribution is -2.57. The van der Waals surface area contributed by atoms with E-state index in [9.17, 15) is 24.9 Å². The van der Waals surface area contributed by atoms with E-state index in [2.05, 4.69) is 4.74 Å². The minimum atomic E-state index is -2.05. The number of aliphatic hydroxyl groups excluding tert-OH is 2. The molecule has 108 valence electrons. The molecule has 0 saturated carbocycles. The van der Waals surface area contributed by atoms with Gasteiger partial charge in [0.15, 0.2) is 11.4 Å². The molecule has 0 amide bonds. The second-order valence-corrected chi connectivity index (χ2v) is 5.03. The summed E-state index contributed by atoms with van der Waals surface area (Å²) in [6.45, 7) is 3.11. The van der Waals surface area contributed by atoms with Gasteiger partial charge in [0.05, 0.1) is 13.0 Å². The Bertz CT molecular complexity index is 402. The maximum absolute atomic E-state index is 11.8. The first-order valence-corrected chi connectivity index (χ1v) is 6.13. The van der Waals surface area contributed by atoms with Crippen LogP contribution in [0, 0.1) is 5.92 Å². The van der Waals surface area contributed by atoms with E-state index < -0.39 is 35.5 Å². The van der Waals surface area contributed by atoms with Crippen LogP contribution >= 0.6 is 0 Å². The van der Waals surface area contributed by atoms with Crippen LogP contribution in [0.1, 0.15) is 26.7 Å². The molecule has 0 aliphatic heterocycles. The normalized spacial score (nSPS) is 32.7. The van der Waals surface area contributed by atoms with Crippen LogP contribution in [-0.4, -0.2) is 52.0 Å². The van der Waals surface area contributed by atoms with Crippen LogP contribution in [0.2, 0.25) is 0 Å². The van der Waals surface area contributed by atoms with Gasteiger partial charge >= 0.3 is 5.97 Å². The highest BCUT2D eigenvalue weighted by atomic mass is 16.5. The van der Waals surface area contributed by atoms with Gasteiger partial charge in [0, 0.05) is 0 Å². The number of carbonyl (C=O) groups excluding carboxylic acids is 2. The molecule has 4 atom stereocenters. The molecule has 0 aromatic carbocycles. The maximum Gasteiger partial charge on any atom is 0.308 e. The Kier molecular flexibility index (Phi) is 4.84. The number of hydrogen-bond acceptors (Lipinski definition) is 6. The van der Waals surface area contributed by atoms with E-state index in [-0.39, 0.29) is 12.8 Å². The first kappa shape index (κ1) is 15.8. The fourth-order valence-electron chi connectivity index (χ4n) is 2.10. The summed E-state index contributed by atoms with van der Waals surface area (Å²) >= 11 is 0. The van der Waals surface area contributed by atoms with Crippen molar-refractivity contribution in [3.05, 3.63) is 11.6 Å². The lowest BCUT2D eigenvalue weighted by molar-refractivity contribution is -0.161. The highest BCUT2D eigenvalue weighted by Crippen LogP contribution is 2.31. The minimum Gasteiger partial charge on any atom is -0.469 e. The SMILES string of the molecule is COC(=O)[C@H](C)CC[C@@]1(O)C(=O)C=C(C)[C@@H](O)[C@H]1O. The summed E-state index contributed by atoms with van der Waals surface area (Å²) in [7, 11) is 1.25. The van der Waals surface area contributed by atoms with Gasteiger partial charge in [-0.2, -0.15) is 0 Å². The van der Waals surface area contributed by atoms with Crippen molar-refractivity contribution in [2.24, 2.45) is 5.92 Å². The number of methoxy groups -OCH3 is 1. The first-order chi connectivity index (χ1) is 8.74. The van der Waals surface area contributed by atoms with Crippen molar-refractivity contribution in [3.8, 4) is 0 Å². The molecule has 6 heteroatoms. The summed E-state index contributed by atoms with van der Waals surface area (Å²) in [5.41, 5.74) is -1.75. The molecule has 0 saturated heterocycles. The van der Waals surface area contributed by atoms with Gasteiger partial charge in [0.2, 0.25) is 0 Å². The molecule has 0 unspecified atom stereocenters. The van der Waals surface area contributed by atoms with Crippen LogP contribution in [0.5, 0.6) is 0 Å². The Morgan fingerprint density at radius 1 is 1.53 bits per heavy atom. The van der Waals surface area contributed by atoms with Gasteiger partial charge in [-0.1, -0.05) is 6.92 Å². The second-order valence-electron chi connectivity index (χ2n) is 5.03. The summed E-state index contributed by atoms with van der Waals surface area (Å²) in [5.74, 6) is -1.60. The smallest absolute Gasteiger partial charge is 0.308 e. The summed E-state index contributed by atoms with van der Waals surface area (Å²) < 4.78 is 4.55. The number of ketones is 1. The predicted molar refractivity (Wildman–Crippen MR) is 66.1 cm³/mol. The van der Waals surface area contributed by atoms with E-state index in [1.54, 1.807) is 6.92 Å². The quantitative estimate of drug-likeness (QED) is 0.599. The number of rotatable bonds is 4. The number of ether oxygens (including phenoxy) is 1. The summed E-state index contributed by atoms with van der Waals surface area (Å²) in [6, 6.07) is 0. The van der Waals surface area contributed by atoms with E-state index in [1.165, 1.54) is 14.0 Å². The van der Waals surface area contributed by atoms with Gasteiger partial charge < -0.3 is 20.1 Å². The zero-order valence-electron chi connectivity index (χ0n) is 11.3. The Labute approximate surface area is 111 Å². The zero-order chi connectivity index (χ0) is 14.8. The van der Waals surface area contributed by atoms with Gasteiger partial charge in [-0.15, -0.1) is 0 Å². The average Bonchev–Trinajstić information content (AvgIpc) is 2.39. The van der Waals surface area contributed by atoms with Gasteiger partial charge in [-0.05, 0) is 31.4 Å². The van der Waals surface area contributed by atoms with Crippen molar-refractivity contribution in [1.29, 1.82) is 0 Å². The molecule has 0 bridgehead atoms. The molecule has 3 N–H and O–H groups in total. The standard InChI is InChI=1S/C13H20O6/c1-7(12(17)19-3)4-5-13(18)9(14)6-8(2)10(15)11(13)16/h6-7,10-11,15-16,18H,4-5H2,1-3H3/t7-,10-,11-,13-/m1/s1. The summed E-state index contributed by atoms with van der Waals surface area (Å²) in [6.07, 6.45) is -1.69. The third-order valence-corrected chi connectivity index (χ3v) is 3.60. The predicted octanol–water partition coefficient (Wildman–Crippen LogP) is -0.442. The van der Waals surface area contributed by atoms with Crippen LogP contribution in [0.25, 0.3) is 0 Å². The topological polar surface area (TPSA) is 104 Å². The number of aliphatic hydroxyl groups is 3. The van der Waals surface area contributed by atoms with Crippen molar-refractivity contribution in [1.82, 2.24) is 0 Å². The van der Waals surface area contributed by atoms with E-state index in [4.69, 9.17) is 0 Å². The zero-order valence-corrected chi connectivity index (χ0v) is 11.3. The van der Waals surface area contributed by atoms with Crippen molar-refractivity contribution in [3.63, 3.8) is 0 Å². The summed E-state index contributed by atoms with van der Waals surface area (Å²) in [4.78, 5) is 23.1. The fourth-order valence-corrected chi connectivity index (χ4v) is 2.10. The van der Waals surface area contributed by atoms with E-state index in [1.807, 2.05) is 0 Å². The molecule has 0 spiro atoms. The van der Waals surface area contributed by atoms with Gasteiger partial charge in [-0.3, -0.25) is 9.59 Å². The van der Waals surface area contributed by atoms with Gasteiger partial charge in [0.1, 0.15) is 12.2 Å². The van der Waals surface area contributed by atoms with Crippen LogP contribution in [0.4, 0.5) is 0 Å². The van der Waals surface area contributed by atoms with Crippen molar-refractivity contribution >= 4 is 11.8 Å². The number of carbonyl (C=O) groups is 2. The molecule has 0 aromatic rings. The molecular formula is C13H20O6. The Hall–Kier alpha value is -1.24. The highest BCUT2D eigenvalue weighted by molar-refractivity contribution is 5.99. The van der Waals surface area contributed by atoms with Gasteiger partial charge in [-0.25, -0.2) is 0 Å². The molecule has 0 heterocycles. The van der Waals surface area contributed by atoms with E-state index in [0.29, 0.717) is 5.57 Å². The lowest BCUT2D eigenvalue weighted by atomic mass is 9.76. The van der Waals surface area contributed by atoms with Crippen molar-refractivity contribution in [2.75, 3.05) is 7.11 Å². The number of esters is 1. The monoisotopic (exact) mass is 272 g/mol. The second kappa shape index (κ2) is 5.81. The number of hydrogen-bond donors (Lipinski definition) is 3. The molecule has 19 heavy (non-hydrogen) atoms. The molecule has 1 aliphatic carbocycles. The third-order valence-electron chi connectivity index (χ3n) is 3.60. The van der Waals surface area contributed by atoms with Crippen molar-refractivity contribution < 1.29 is 29.6 Å². The molecule has 1 aliphatic rings. The molecule has 0 fully saturated rings. The highest BCUT2D eigenvalue weighted by Gasteiger charge is 2.48. The largest absolute Gasteiger partial charge is 0.469 e. The van der Waals surface area contributed by atoms with Crippen molar-refractivity contribution in [2.45, 2.75) is 44.5 Å². The molecular weight excluding hydrogens is 252 g/mol. The molecule has 6 nitrogen and oxygen atoms in total. The van der Waals surface area contributed by atoms with E-state index in [0.717, 1.165) is 6.08 Å². The van der Waals surface area contributed by atoms with Crippen LogP contribution in [0.3, 0.4) is 0 Å².